The Bertz CT molecular complexity index is 396. The first kappa shape index (κ1) is 14.5. The van der Waals surface area contributed by atoms with Crippen LogP contribution in [0, 0.1) is 6.92 Å². The molecule has 0 aliphatic carbocycles. The van der Waals surface area contributed by atoms with Gasteiger partial charge in [-0.2, -0.15) is 0 Å². The lowest BCUT2D eigenvalue weighted by Crippen LogP contribution is -2.31. The van der Waals surface area contributed by atoms with Crippen molar-refractivity contribution in [1.29, 1.82) is 0 Å². The zero-order valence-electron chi connectivity index (χ0n) is 9.87. The summed E-state index contributed by atoms with van der Waals surface area (Å²) in [5.74, 6) is 0.313. The van der Waals surface area contributed by atoms with Gasteiger partial charge in [0.2, 0.25) is 5.91 Å². The predicted molar refractivity (Wildman–Crippen MR) is 74.3 cm³/mol. The van der Waals surface area contributed by atoms with Crippen molar-refractivity contribution < 1.29 is 9.90 Å². The number of nitrogens with one attached hydrogen (secondary N) is 1. The number of hydrogen-bond donors (Lipinski definition) is 2. The quantitative estimate of drug-likeness (QED) is 0.820. The molecule has 5 heteroatoms. The molecule has 0 fully saturated rings. The van der Waals surface area contributed by atoms with Crippen molar-refractivity contribution in [3.8, 4) is 0 Å². The van der Waals surface area contributed by atoms with Gasteiger partial charge < -0.3 is 10.4 Å². The monoisotopic (exact) mass is 317 g/mol. The SMILES string of the molecule is Cc1cc(Br)ccc1SCC(=O)NC[C@H](C)O. The Morgan fingerprint density at radius 3 is 2.88 bits per heavy atom. The van der Waals surface area contributed by atoms with Crippen molar-refractivity contribution >= 4 is 33.6 Å². The fourth-order valence-corrected chi connectivity index (χ4v) is 2.55. The number of thioether (sulfide) groups is 1. The molecular formula is C12H16BrNO2S. The van der Waals surface area contributed by atoms with Gasteiger partial charge in [0.05, 0.1) is 11.9 Å². The first-order chi connectivity index (χ1) is 7.99. The minimum absolute atomic E-state index is 0.0572. The van der Waals surface area contributed by atoms with Crippen LogP contribution in [-0.2, 0) is 4.79 Å². The maximum Gasteiger partial charge on any atom is 0.230 e. The number of carbonyl (C=O) groups is 1. The Morgan fingerprint density at radius 2 is 2.29 bits per heavy atom. The highest BCUT2D eigenvalue weighted by atomic mass is 79.9. The van der Waals surface area contributed by atoms with Gasteiger partial charge in [0.15, 0.2) is 0 Å². The number of carbonyl (C=O) groups excluding carboxylic acids is 1. The summed E-state index contributed by atoms with van der Waals surface area (Å²) >= 11 is 4.90. The third kappa shape index (κ3) is 5.57. The molecule has 0 spiro atoms. The highest BCUT2D eigenvalue weighted by Gasteiger charge is 2.06. The van der Waals surface area contributed by atoms with Crippen molar-refractivity contribution in [3.63, 3.8) is 0 Å². The number of aliphatic hydroxyl groups excluding tert-OH is 1. The van der Waals surface area contributed by atoms with E-state index < -0.39 is 6.10 Å². The molecule has 1 aromatic rings. The molecule has 0 saturated carbocycles. The molecule has 0 radical (unpaired) electrons. The first-order valence-electron chi connectivity index (χ1n) is 5.32. The van der Waals surface area contributed by atoms with E-state index in [0.29, 0.717) is 12.3 Å². The fourth-order valence-electron chi connectivity index (χ4n) is 1.23. The predicted octanol–water partition coefficient (Wildman–Crippen LogP) is 2.35. The second kappa shape index (κ2) is 7.03. The van der Waals surface area contributed by atoms with E-state index in [0.717, 1.165) is 14.9 Å². The van der Waals surface area contributed by atoms with Gasteiger partial charge in [-0.05, 0) is 37.6 Å². The molecule has 0 unspecified atom stereocenters. The molecule has 3 nitrogen and oxygen atoms in total. The van der Waals surface area contributed by atoms with Crippen LogP contribution in [-0.4, -0.2) is 29.4 Å². The largest absolute Gasteiger partial charge is 0.392 e. The van der Waals surface area contributed by atoms with Gasteiger partial charge in [-0.3, -0.25) is 4.79 Å². The van der Waals surface area contributed by atoms with Crippen LogP contribution in [0.25, 0.3) is 0 Å². The van der Waals surface area contributed by atoms with Crippen LogP contribution in [0.3, 0.4) is 0 Å². The van der Waals surface area contributed by atoms with Crippen molar-refractivity contribution in [3.05, 3.63) is 28.2 Å². The Hall–Kier alpha value is -0.520. The molecule has 0 aliphatic heterocycles. The molecule has 0 aromatic heterocycles. The molecular weight excluding hydrogens is 302 g/mol. The lowest BCUT2D eigenvalue weighted by Gasteiger charge is -2.08. The number of aliphatic hydroxyl groups is 1. The Kier molecular flexibility index (Phi) is 6.02. The molecule has 94 valence electrons. The smallest absolute Gasteiger partial charge is 0.230 e. The second-order valence-corrected chi connectivity index (χ2v) is 5.78. The molecule has 0 heterocycles. The molecule has 0 aliphatic rings. The van der Waals surface area contributed by atoms with Gasteiger partial charge >= 0.3 is 0 Å². The molecule has 2 N–H and O–H groups in total. The maximum absolute atomic E-state index is 11.4. The zero-order valence-corrected chi connectivity index (χ0v) is 12.3. The van der Waals surface area contributed by atoms with Crippen LogP contribution in [0.4, 0.5) is 0 Å². The summed E-state index contributed by atoms with van der Waals surface area (Å²) in [6, 6.07) is 5.98. The number of aryl methyl sites for hydroxylation is 1. The van der Waals surface area contributed by atoms with Gasteiger partial charge in [0, 0.05) is 15.9 Å². The van der Waals surface area contributed by atoms with E-state index in [4.69, 9.17) is 5.11 Å². The highest BCUT2D eigenvalue weighted by molar-refractivity contribution is 9.10. The molecule has 0 bridgehead atoms. The van der Waals surface area contributed by atoms with Crippen LogP contribution >= 0.6 is 27.7 Å². The summed E-state index contributed by atoms with van der Waals surface area (Å²) in [6.07, 6.45) is -0.502. The Labute approximate surface area is 114 Å². The first-order valence-corrected chi connectivity index (χ1v) is 7.10. The minimum Gasteiger partial charge on any atom is -0.392 e. The molecule has 1 atom stereocenters. The summed E-state index contributed by atoms with van der Waals surface area (Å²) in [7, 11) is 0. The summed E-state index contributed by atoms with van der Waals surface area (Å²) in [4.78, 5) is 12.5. The van der Waals surface area contributed by atoms with Crippen LogP contribution in [0.5, 0.6) is 0 Å². The van der Waals surface area contributed by atoms with E-state index in [9.17, 15) is 4.79 Å². The number of benzene rings is 1. The van der Waals surface area contributed by atoms with Gasteiger partial charge in [0.25, 0.3) is 0 Å². The van der Waals surface area contributed by atoms with E-state index in [1.54, 1.807) is 6.92 Å². The zero-order chi connectivity index (χ0) is 12.8. The van der Waals surface area contributed by atoms with Crippen molar-refractivity contribution in [2.75, 3.05) is 12.3 Å². The standard InChI is InChI=1S/C12H16BrNO2S/c1-8-5-10(13)3-4-11(8)17-7-12(16)14-6-9(2)15/h3-5,9,15H,6-7H2,1-2H3,(H,14,16)/t9-/m0/s1. The highest BCUT2D eigenvalue weighted by Crippen LogP contribution is 2.24. The summed E-state index contributed by atoms with van der Waals surface area (Å²) in [6.45, 7) is 3.96. The van der Waals surface area contributed by atoms with E-state index in [2.05, 4.69) is 21.2 Å². The number of halogens is 1. The molecule has 1 aromatic carbocycles. The maximum atomic E-state index is 11.4. The van der Waals surface area contributed by atoms with E-state index in [1.165, 1.54) is 11.8 Å². The molecule has 0 saturated heterocycles. The van der Waals surface area contributed by atoms with E-state index in [1.807, 2.05) is 25.1 Å². The van der Waals surface area contributed by atoms with Gasteiger partial charge in [-0.1, -0.05) is 15.9 Å². The van der Waals surface area contributed by atoms with Crippen molar-refractivity contribution in [2.24, 2.45) is 0 Å². The van der Waals surface area contributed by atoms with E-state index >= 15 is 0 Å². The van der Waals surface area contributed by atoms with Crippen LogP contribution in [0.15, 0.2) is 27.6 Å². The average molecular weight is 318 g/mol. The Morgan fingerprint density at radius 1 is 1.59 bits per heavy atom. The van der Waals surface area contributed by atoms with Crippen LogP contribution in [0.2, 0.25) is 0 Å². The second-order valence-electron chi connectivity index (χ2n) is 3.85. The van der Waals surface area contributed by atoms with Crippen molar-refractivity contribution in [1.82, 2.24) is 5.32 Å². The average Bonchev–Trinajstić information content (AvgIpc) is 2.25. The molecule has 1 rings (SSSR count). The van der Waals surface area contributed by atoms with Crippen LogP contribution in [0.1, 0.15) is 12.5 Å². The van der Waals surface area contributed by atoms with Gasteiger partial charge in [0.1, 0.15) is 0 Å². The minimum atomic E-state index is -0.502. The summed E-state index contributed by atoms with van der Waals surface area (Å²) in [5.41, 5.74) is 1.15. The summed E-state index contributed by atoms with van der Waals surface area (Å²) in [5, 5.41) is 11.7. The third-order valence-corrected chi connectivity index (χ3v) is 3.76. The van der Waals surface area contributed by atoms with Gasteiger partial charge in [-0.25, -0.2) is 0 Å². The topological polar surface area (TPSA) is 49.3 Å². The van der Waals surface area contributed by atoms with E-state index in [-0.39, 0.29) is 5.91 Å². The lowest BCUT2D eigenvalue weighted by atomic mass is 10.2. The fraction of sp³-hybridized carbons (Fsp3) is 0.417. The number of hydrogen-bond acceptors (Lipinski definition) is 3. The normalized spacial score (nSPS) is 12.2. The third-order valence-electron chi connectivity index (χ3n) is 2.09. The Balaban J connectivity index is 2.42. The number of rotatable bonds is 5. The molecule has 1 amide bonds. The molecule has 17 heavy (non-hydrogen) atoms. The van der Waals surface area contributed by atoms with Crippen molar-refractivity contribution in [2.45, 2.75) is 24.8 Å². The lowest BCUT2D eigenvalue weighted by molar-refractivity contribution is -0.118. The van der Waals surface area contributed by atoms with Gasteiger partial charge in [-0.15, -0.1) is 11.8 Å². The number of amides is 1. The summed E-state index contributed by atoms with van der Waals surface area (Å²) < 4.78 is 1.04. The van der Waals surface area contributed by atoms with Crippen LogP contribution < -0.4 is 5.32 Å².